The zero-order chi connectivity index (χ0) is 43.0. The van der Waals surface area contributed by atoms with Crippen molar-refractivity contribution in [2.45, 2.75) is 51.4 Å². The van der Waals surface area contributed by atoms with Gasteiger partial charge in [-0.05, 0) is 75.0 Å². The second-order valence-electron chi connectivity index (χ2n) is 16.8. The topological polar surface area (TPSA) is 164 Å². The molecule has 0 spiro atoms. The molecule has 3 fully saturated rings. The molecule has 8 aromatic rings. The van der Waals surface area contributed by atoms with Crippen molar-refractivity contribution in [1.82, 2.24) is 44.6 Å². The largest absolute Gasteiger partial charge is 0.438 e. The number of anilines is 3. The van der Waals surface area contributed by atoms with Crippen LogP contribution in [-0.2, 0) is 25.2 Å². The van der Waals surface area contributed by atoms with Crippen molar-refractivity contribution in [3.63, 3.8) is 0 Å². The molecule has 63 heavy (non-hydrogen) atoms. The molecule has 2 atom stereocenters. The number of alkyl halides is 1. The van der Waals surface area contributed by atoms with Gasteiger partial charge in [0.1, 0.15) is 16.6 Å². The van der Waals surface area contributed by atoms with E-state index < -0.39 is 24.2 Å². The minimum Gasteiger partial charge on any atom is -0.438 e. The Labute approximate surface area is 357 Å². The Bertz CT molecular complexity index is 3130. The first-order valence-electron chi connectivity index (χ1n) is 21.2. The Hall–Kier alpha value is -6.79. The summed E-state index contributed by atoms with van der Waals surface area (Å²) in [5, 5.41) is 24.2. The van der Waals surface area contributed by atoms with Crippen molar-refractivity contribution in [2.24, 2.45) is 5.92 Å². The smallest absolute Gasteiger partial charge is 0.257 e. The number of aryl methyl sites for hydroxylation is 3. The number of carbonyl (C=O) groups excluding carboxylic acids is 2. The van der Waals surface area contributed by atoms with Gasteiger partial charge in [-0.15, -0.1) is 0 Å². The number of aromatic nitrogens is 7. The summed E-state index contributed by atoms with van der Waals surface area (Å²) in [7, 11) is 0. The lowest BCUT2D eigenvalue weighted by molar-refractivity contribution is 0.102. The number of fused-ring (bicyclic) bond motifs is 5. The molecule has 2 amide bonds. The third kappa shape index (κ3) is 6.93. The molecule has 1 saturated carbocycles. The molecule has 0 bridgehead atoms. The van der Waals surface area contributed by atoms with E-state index in [2.05, 4.69) is 42.2 Å². The molecule has 2 aliphatic heterocycles. The zero-order valence-corrected chi connectivity index (χ0v) is 34.3. The number of hydrogen-bond donors (Lipinski definition) is 4. The van der Waals surface area contributed by atoms with Gasteiger partial charge in [-0.1, -0.05) is 6.07 Å². The van der Waals surface area contributed by atoms with Crippen LogP contribution in [0, 0.1) is 24.5 Å². The number of hydrogen-bond acceptors (Lipinski definition) is 10. The van der Waals surface area contributed by atoms with Crippen molar-refractivity contribution in [1.29, 1.82) is 0 Å². The van der Waals surface area contributed by atoms with Crippen LogP contribution in [0.5, 0.6) is 0 Å². The fraction of sp³-hybridized carbons (Fsp3) is 0.333. The summed E-state index contributed by atoms with van der Waals surface area (Å²) in [6.45, 7) is 6.90. The molecule has 7 heterocycles. The number of piperazine rings is 1. The number of halogens is 3. The quantitative estimate of drug-likeness (QED) is 0.113. The Kier molecular flexibility index (Phi) is 9.45. The minimum absolute atomic E-state index is 0.0282. The van der Waals surface area contributed by atoms with Crippen molar-refractivity contribution < 1.29 is 27.2 Å². The number of piperidine rings is 1. The molecule has 0 radical (unpaired) electrons. The van der Waals surface area contributed by atoms with E-state index in [1.54, 1.807) is 29.8 Å². The molecule has 322 valence electrons. The van der Waals surface area contributed by atoms with Gasteiger partial charge < -0.3 is 35.0 Å². The monoisotopic (exact) mass is 856 g/mol. The number of oxazole rings is 1. The number of pyridine rings is 1. The second-order valence-corrected chi connectivity index (χ2v) is 16.8. The van der Waals surface area contributed by atoms with Crippen LogP contribution in [0.15, 0.2) is 71.7 Å². The fourth-order valence-corrected chi connectivity index (χ4v) is 9.71. The molecule has 2 saturated heterocycles. The maximum Gasteiger partial charge on any atom is 0.257 e. The SMILES string of the molecule is Cc1cn2cc(NC(=O)c3ccc([C@@]45CCNCC4C5)c4cn(CCCn5cc6c(N7CCNCC7)ccc(C(=O)Nc7cc(F)c8nc(CF)oc8c7)c6n5)nc34)cc(F)c2n1. The standard InChI is InChI=1S/C45H43F3N12O3/c1-25-21-58-22-28(16-35(48)42(58)51-25)53-44(62)29-3-5-33(45-7-8-50-20-26(45)18-45)31-23-59(55-39(29)31)11-2-12-60-24-32-36(57-13-9-49-10-14-57)6-4-30(40(32)56-60)43(61)52-27-15-34(47)41-37(17-27)63-38(19-46)54-41/h3-6,15-17,21-24,26,49-50H,2,7-14,18-20H2,1H3,(H,52,61)(H,53,62)/t26?,45-/m1/s1. The second kappa shape index (κ2) is 15.2. The van der Waals surface area contributed by atoms with Crippen LogP contribution >= 0.6 is 0 Å². The Morgan fingerprint density at radius 2 is 1.54 bits per heavy atom. The van der Waals surface area contributed by atoms with E-state index in [4.69, 9.17) is 14.6 Å². The number of nitrogens with one attached hydrogen (secondary N) is 4. The third-order valence-corrected chi connectivity index (χ3v) is 12.8. The number of carbonyl (C=O) groups is 2. The van der Waals surface area contributed by atoms with E-state index in [0.717, 1.165) is 74.6 Å². The Balaban J connectivity index is 0.877. The highest BCUT2D eigenvalue weighted by Gasteiger charge is 2.56. The van der Waals surface area contributed by atoms with E-state index >= 15 is 0 Å². The lowest BCUT2D eigenvalue weighted by Gasteiger charge is -2.30. The van der Waals surface area contributed by atoms with Crippen LogP contribution in [0.1, 0.15) is 57.1 Å². The summed E-state index contributed by atoms with van der Waals surface area (Å²) in [6.07, 6.45) is 10.1. The predicted octanol–water partition coefficient (Wildman–Crippen LogP) is 6.49. The Morgan fingerprint density at radius 1 is 0.825 bits per heavy atom. The lowest BCUT2D eigenvalue weighted by Crippen LogP contribution is -2.43. The summed E-state index contributed by atoms with van der Waals surface area (Å²) in [6, 6.07) is 11.4. The van der Waals surface area contributed by atoms with Crippen LogP contribution in [0.2, 0.25) is 0 Å². The van der Waals surface area contributed by atoms with Gasteiger partial charge in [0.15, 0.2) is 29.5 Å². The van der Waals surface area contributed by atoms with Gasteiger partial charge in [0.2, 0.25) is 5.89 Å². The molecule has 15 nitrogen and oxygen atoms in total. The first kappa shape index (κ1) is 39.1. The zero-order valence-electron chi connectivity index (χ0n) is 34.3. The summed E-state index contributed by atoms with van der Waals surface area (Å²) < 4.78 is 53.7. The van der Waals surface area contributed by atoms with Crippen LogP contribution in [0.25, 0.3) is 38.6 Å². The van der Waals surface area contributed by atoms with Gasteiger partial charge in [-0.25, -0.2) is 23.1 Å². The van der Waals surface area contributed by atoms with Crippen LogP contribution in [0.4, 0.5) is 30.2 Å². The van der Waals surface area contributed by atoms with E-state index in [1.165, 1.54) is 17.7 Å². The molecule has 4 N–H and O–H groups in total. The van der Waals surface area contributed by atoms with Gasteiger partial charge >= 0.3 is 0 Å². The number of nitrogens with zero attached hydrogens (tertiary/aromatic N) is 8. The number of imidazole rings is 1. The van der Waals surface area contributed by atoms with Gasteiger partial charge in [0.05, 0.1) is 22.5 Å². The van der Waals surface area contributed by atoms with E-state index in [9.17, 15) is 22.8 Å². The molecule has 5 aromatic heterocycles. The van der Waals surface area contributed by atoms with Gasteiger partial charge in [0, 0.05) is 104 Å². The number of amides is 2. The third-order valence-electron chi connectivity index (χ3n) is 12.8. The first-order chi connectivity index (χ1) is 30.6. The molecule has 11 rings (SSSR count). The van der Waals surface area contributed by atoms with E-state index in [-0.39, 0.29) is 39.6 Å². The number of benzene rings is 3. The maximum absolute atomic E-state index is 15.0. The van der Waals surface area contributed by atoms with Crippen molar-refractivity contribution in [3.8, 4) is 0 Å². The van der Waals surface area contributed by atoms with Crippen molar-refractivity contribution in [3.05, 3.63) is 107 Å². The molecule has 3 aliphatic rings. The van der Waals surface area contributed by atoms with Crippen LogP contribution in [0.3, 0.4) is 0 Å². The molecule has 3 aromatic carbocycles. The molecular weight excluding hydrogens is 814 g/mol. The summed E-state index contributed by atoms with van der Waals surface area (Å²) in [5.74, 6) is -1.88. The molecule has 18 heteroatoms. The van der Waals surface area contributed by atoms with Crippen molar-refractivity contribution in [2.75, 3.05) is 54.8 Å². The average Bonchev–Trinajstić information content (AvgIpc) is 3.71. The average molecular weight is 857 g/mol. The van der Waals surface area contributed by atoms with Crippen LogP contribution < -0.4 is 26.2 Å². The summed E-state index contributed by atoms with van der Waals surface area (Å²) in [5.41, 5.74) is 5.21. The highest BCUT2D eigenvalue weighted by Crippen LogP contribution is 2.59. The molecule has 1 aliphatic carbocycles. The highest BCUT2D eigenvalue weighted by molar-refractivity contribution is 6.14. The van der Waals surface area contributed by atoms with Gasteiger partial charge in [-0.2, -0.15) is 10.2 Å². The molecule has 1 unspecified atom stereocenters. The summed E-state index contributed by atoms with van der Waals surface area (Å²) >= 11 is 0. The van der Waals surface area contributed by atoms with Crippen LogP contribution in [-0.4, -0.2) is 85.0 Å². The Morgan fingerprint density at radius 3 is 2.30 bits per heavy atom. The van der Waals surface area contributed by atoms with E-state index in [1.807, 2.05) is 33.9 Å². The summed E-state index contributed by atoms with van der Waals surface area (Å²) in [4.78, 5) is 38.1. The highest BCUT2D eigenvalue weighted by atomic mass is 19.1. The van der Waals surface area contributed by atoms with Crippen molar-refractivity contribution >= 4 is 67.4 Å². The lowest BCUT2D eigenvalue weighted by atomic mass is 9.85. The fourth-order valence-electron chi connectivity index (χ4n) is 9.71. The predicted molar refractivity (Wildman–Crippen MR) is 231 cm³/mol. The number of rotatable bonds is 11. The normalized spacial score (nSPS) is 18.7. The van der Waals surface area contributed by atoms with Gasteiger partial charge in [0.25, 0.3) is 11.8 Å². The minimum atomic E-state index is -0.982. The van der Waals surface area contributed by atoms with E-state index in [0.29, 0.717) is 59.0 Å². The van der Waals surface area contributed by atoms with Gasteiger partial charge in [-0.3, -0.25) is 19.0 Å². The molecular formula is C45H43F3N12O3. The first-order valence-corrected chi connectivity index (χ1v) is 21.2. The maximum atomic E-state index is 15.0.